The van der Waals surface area contributed by atoms with Gasteiger partial charge in [-0.3, -0.25) is 9.59 Å². The van der Waals surface area contributed by atoms with Crippen molar-refractivity contribution in [2.75, 3.05) is 20.2 Å². The normalized spacial score (nSPS) is 31.4. The van der Waals surface area contributed by atoms with Crippen LogP contribution in [0.3, 0.4) is 0 Å². The number of amides is 2. The van der Waals surface area contributed by atoms with Crippen molar-refractivity contribution < 1.29 is 45.0 Å². The molecule has 0 spiro atoms. The van der Waals surface area contributed by atoms with Gasteiger partial charge in [-0.1, -0.05) is 6.92 Å². The number of halogens is 4. The molecule has 1 aromatic carbocycles. The lowest BCUT2D eigenvalue weighted by molar-refractivity contribution is -0.128. The maximum atomic E-state index is 14.9. The molecule has 4 aliphatic rings. The van der Waals surface area contributed by atoms with E-state index in [0.29, 0.717) is 23.1 Å². The number of hydrogen-bond donors (Lipinski definition) is 2. The van der Waals surface area contributed by atoms with Gasteiger partial charge in [0.25, 0.3) is 5.91 Å². The molecule has 3 aliphatic carbocycles. The minimum Gasteiger partial charge on any atom is -0.496 e. The summed E-state index contributed by atoms with van der Waals surface area (Å²) in [6.45, 7) is 1.42. The molecule has 4 fully saturated rings. The molecule has 1 saturated heterocycles. The number of nitrogens with zero attached hydrogens (tertiary/aromatic N) is 1. The number of ether oxygens (including phenoxy) is 2. The number of fused-ring (bicyclic) bond motifs is 2. The number of nitrogens with one attached hydrogen (secondary N) is 2. The van der Waals surface area contributed by atoms with E-state index in [1.807, 2.05) is 0 Å². The van der Waals surface area contributed by atoms with Crippen molar-refractivity contribution in [3.05, 3.63) is 23.5 Å². The number of benzene rings is 1. The van der Waals surface area contributed by atoms with Crippen LogP contribution in [0.15, 0.2) is 12.1 Å². The first-order valence-electron chi connectivity index (χ1n) is 15.0. The second-order valence-corrected chi connectivity index (χ2v) is 14.4. The third kappa shape index (κ3) is 6.59. The molecule has 240 valence electrons. The molecule has 14 heteroatoms. The first-order valence-corrected chi connectivity index (χ1v) is 16.4. The fourth-order valence-electron chi connectivity index (χ4n) is 7.33. The Morgan fingerprint density at radius 2 is 1.67 bits per heavy atom. The quantitative estimate of drug-likeness (QED) is 0.412. The van der Waals surface area contributed by atoms with E-state index in [-0.39, 0.29) is 48.0 Å². The van der Waals surface area contributed by atoms with Gasteiger partial charge in [0.15, 0.2) is 11.6 Å². The van der Waals surface area contributed by atoms with Gasteiger partial charge in [-0.25, -0.2) is 12.8 Å². The molecule has 43 heavy (non-hydrogen) atoms. The number of hydrogen-bond acceptors (Lipinski definition) is 6. The maximum absolute atomic E-state index is 14.9. The molecular formula is C29H39F4N3O6S. The van der Waals surface area contributed by atoms with E-state index in [2.05, 4.69) is 17.6 Å². The third-order valence-electron chi connectivity index (χ3n) is 9.63. The van der Waals surface area contributed by atoms with Gasteiger partial charge in [0, 0.05) is 31.2 Å². The summed E-state index contributed by atoms with van der Waals surface area (Å²) in [6.07, 6.45) is 6.15. The molecule has 2 amide bonds. The van der Waals surface area contributed by atoms with E-state index in [4.69, 9.17) is 9.47 Å². The average Bonchev–Trinajstić information content (AvgIpc) is 3.56. The lowest BCUT2D eigenvalue weighted by Gasteiger charge is -2.35. The Morgan fingerprint density at radius 1 is 0.977 bits per heavy atom. The number of carbonyl (C=O) groups excluding carboxylic acids is 2. The molecule has 1 aliphatic heterocycles. The molecule has 0 unspecified atom stereocenters. The Bertz CT molecular complexity index is 1320. The van der Waals surface area contributed by atoms with Gasteiger partial charge < -0.3 is 20.1 Å². The van der Waals surface area contributed by atoms with Gasteiger partial charge in [-0.05, 0) is 81.6 Å². The highest BCUT2D eigenvalue weighted by Gasteiger charge is 2.53. The van der Waals surface area contributed by atoms with Crippen LogP contribution < -0.4 is 20.1 Å². The van der Waals surface area contributed by atoms with Gasteiger partial charge in [-0.15, -0.1) is 0 Å². The second-order valence-electron chi connectivity index (χ2n) is 12.5. The monoisotopic (exact) mass is 633 g/mol. The van der Waals surface area contributed by atoms with Crippen LogP contribution in [0.5, 0.6) is 11.5 Å². The molecule has 5 atom stereocenters. The van der Waals surface area contributed by atoms with Crippen LogP contribution in [0.25, 0.3) is 0 Å². The van der Waals surface area contributed by atoms with Crippen molar-refractivity contribution in [1.82, 2.24) is 14.9 Å². The SMILES string of the molecule is COc1cc(F)c(OC2CCC(C)CC2)cc1C(=O)N[C@@H]1[C@H]2CC[C@H](C2)[C@@H]1C(=O)N[C@H]1CCCN(S(=O)(=O)C(F)(F)F)C1. The van der Waals surface area contributed by atoms with Crippen LogP contribution in [-0.2, 0) is 14.8 Å². The summed E-state index contributed by atoms with van der Waals surface area (Å²) in [5.41, 5.74) is -5.34. The van der Waals surface area contributed by atoms with Crippen LogP contribution in [-0.4, -0.2) is 68.4 Å². The molecule has 9 nitrogen and oxygen atoms in total. The molecule has 0 aromatic heterocycles. The number of carbonyl (C=O) groups is 2. The summed E-state index contributed by atoms with van der Waals surface area (Å²) in [5, 5.41) is 5.74. The van der Waals surface area contributed by atoms with Crippen LogP contribution in [0.1, 0.15) is 75.1 Å². The lowest BCUT2D eigenvalue weighted by atomic mass is 9.83. The van der Waals surface area contributed by atoms with E-state index < -0.39 is 57.7 Å². The third-order valence-corrected chi connectivity index (χ3v) is 11.2. The summed E-state index contributed by atoms with van der Waals surface area (Å²) < 4.78 is 89.7. The van der Waals surface area contributed by atoms with Crippen molar-refractivity contribution in [1.29, 1.82) is 0 Å². The minimum atomic E-state index is -5.50. The molecule has 3 saturated carbocycles. The van der Waals surface area contributed by atoms with Gasteiger partial charge >= 0.3 is 15.5 Å². The van der Waals surface area contributed by atoms with Crippen molar-refractivity contribution in [3.8, 4) is 11.5 Å². The topological polar surface area (TPSA) is 114 Å². The van der Waals surface area contributed by atoms with Crippen LogP contribution in [0, 0.1) is 29.5 Å². The number of piperidine rings is 1. The van der Waals surface area contributed by atoms with E-state index in [0.717, 1.165) is 44.6 Å². The fraction of sp³-hybridized carbons (Fsp3) is 0.724. The fourth-order valence-corrected chi connectivity index (χ4v) is 8.36. The predicted molar refractivity (Wildman–Crippen MR) is 148 cm³/mol. The van der Waals surface area contributed by atoms with E-state index in [9.17, 15) is 35.6 Å². The molecule has 5 rings (SSSR count). The van der Waals surface area contributed by atoms with E-state index in [1.54, 1.807) is 0 Å². The number of methoxy groups -OCH3 is 1. The van der Waals surface area contributed by atoms with Crippen LogP contribution >= 0.6 is 0 Å². The van der Waals surface area contributed by atoms with Gasteiger partial charge in [0.1, 0.15) is 5.75 Å². The Morgan fingerprint density at radius 3 is 2.35 bits per heavy atom. The standard InChI is InChI=1S/C29H39F4N3O6S/c1-16-5-9-20(10-6-16)42-24-13-21(23(41-2)14-22(24)30)27(37)35-26-18-8-7-17(12-18)25(26)28(38)34-19-4-3-11-36(15-19)43(39,40)29(31,32)33/h13-14,16-20,25-26H,3-12,15H2,1-2H3,(H,34,38)(H,35,37)/t16?,17-,18+,19+,20?,25+,26-/m1/s1. The Balaban J connectivity index is 1.29. The molecule has 0 radical (unpaired) electrons. The van der Waals surface area contributed by atoms with Crippen LogP contribution in [0.2, 0.25) is 0 Å². The number of rotatable bonds is 8. The zero-order valence-corrected chi connectivity index (χ0v) is 25.1. The summed E-state index contributed by atoms with van der Waals surface area (Å²) in [6, 6.07) is 1.11. The summed E-state index contributed by atoms with van der Waals surface area (Å²) in [4.78, 5) is 27.1. The molecule has 1 heterocycles. The van der Waals surface area contributed by atoms with Crippen molar-refractivity contribution in [2.24, 2.45) is 23.7 Å². The van der Waals surface area contributed by atoms with E-state index >= 15 is 0 Å². The molecule has 2 bridgehead atoms. The number of sulfonamides is 1. The smallest absolute Gasteiger partial charge is 0.496 e. The van der Waals surface area contributed by atoms with Gasteiger partial charge in [-0.2, -0.15) is 17.5 Å². The van der Waals surface area contributed by atoms with Gasteiger partial charge in [0.2, 0.25) is 5.91 Å². The Hall–Kier alpha value is -2.61. The zero-order chi connectivity index (χ0) is 31.1. The maximum Gasteiger partial charge on any atom is 0.511 e. The summed E-state index contributed by atoms with van der Waals surface area (Å²) in [7, 11) is -4.17. The van der Waals surface area contributed by atoms with Crippen molar-refractivity contribution in [3.63, 3.8) is 0 Å². The molecular weight excluding hydrogens is 594 g/mol. The minimum absolute atomic E-state index is 0.0181. The van der Waals surface area contributed by atoms with Crippen molar-refractivity contribution >= 4 is 21.8 Å². The largest absolute Gasteiger partial charge is 0.511 e. The van der Waals surface area contributed by atoms with Crippen LogP contribution in [0.4, 0.5) is 17.6 Å². The predicted octanol–water partition coefficient (Wildman–Crippen LogP) is 4.37. The first kappa shape index (κ1) is 31.8. The summed E-state index contributed by atoms with van der Waals surface area (Å²) in [5.74, 6) is -1.69. The lowest BCUT2D eigenvalue weighted by Crippen LogP contribution is -2.56. The average molecular weight is 634 g/mol. The highest BCUT2D eigenvalue weighted by molar-refractivity contribution is 7.90. The number of alkyl halides is 3. The first-order chi connectivity index (χ1) is 20.3. The van der Waals surface area contributed by atoms with Crippen molar-refractivity contribution in [2.45, 2.75) is 88.4 Å². The molecule has 2 N–H and O–H groups in total. The molecule has 1 aromatic rings. The second kappa shape index (κ2) is 12.4. The van der Waals surface area contributed by atoms with E-state index in [1.165, 1.54) is 13.2 Å². The Labute approximate surface area is 249 Å². The zero-order valence-electron chi connectivity index (χ0n) is 24.3. The highest BCUT2D eigenvalue weighted by atomic mass is 32.2. The Kier molecular flexibility index (Phi) is 9.18. The highest BCUT2D eigenvalue weighted by Crippen LogP contribution is 2.49. The van der Waals surface area contributed by atoms with Gasteiger partial charge in [0.05, 0.1) is 24.7 Å². The summed E-state index contributed by atoms with van der Waals surface area (Å²) >= 11 is 0.